The van der Waals surface area contributed by atoms with E-state index in [2.05, 4.69) is 10.6 Å². The highest BCUT2D eigenvalue weighted by Gasteiger charge is 2.05. The molecule has 21 heavy (non-hydrogen) atoms. The molecule has 2 N–H and O–H groups in total. The lowest BCUT2D eigenvalue weighted by Crippen LogP contribution is -2.30. The fraction of sp³-hybridized carbons (Fsp3) is 0.133. The SMILES string of the molecule is O=C(NCCc1ccccc1F)Nc1ccc(Cl)c(Cl)c1. The first kappa shape index (κ1) is 15.6. The Balaban J connectivity index is 1.82. The number of anilines is 1. The van der Waals surface area contributed by atoms with Crippen LogP contribution in [0.2, 0.25) is 10.0 Å². The van der Waals surface area contributed by atoms with E-state index in [1.54, 1.807) is 36.4 Å². The highest BCUT2D eigenvalue weighted by atomic mass is 35.5. The lowest BCUT2D eigenvalue weighted by atomic mass is 10.1. The monoisotopic (exact) mass is 326 g/mol. The maximum Gasteiger partial charge on any atom is 0.319 e. The Morgan fingerprint density at radius 1 is 1.10 bits per heavy atom. The minimum absolute atomic E-state index is 0.274. The summed E-state index contributed by atoms with van der Waals surface area (Å²) in [6.07, 6.45) is 0.418. The third-order valence-corrected chi connectivity index (χ3v) is 3.55. The van der Waals surface area contributed by atoms with Crippen LogP contribution in [-0.4, -0.2) is 12.6 Å². The molecular weight excluding hydrogens is 314 g/mol. The molecule has 0 aliphatic heterocycles. The highest BCUT2D eigenvalue weighted by molar-refractivity contribution is 6.42. The predicted octanol–water partition coefficient (Wildman–Crippen LogP) is 4.50. The Bertz CT molecular complexity index is 649. The first-order chi connectivity index (χ1) is 10.1. The third kappa shape index (κ3) is 4.62. The van der Waals surface area contributed by atoms with Gasteiger partial charge in [0.2, 0.25) is 0 Å². The molecule has 0 spiro atoms. The van der Waals surface area contributed by atoms with Gasteiger partial charge >= 0.3 is 6.03 Å². The van der Waals surface area contributed by atoms with Crippen LogP contribution in [0.4, 0.5) is 14.9 Å². The molecule has 110 valence electrons. The van der Waals surface area contributed by atoms with Crippen LogP contribution in [0.25, 0.3) is 0 Å². The smallest absolute Gasteiger partial charge is 0.319 e. The summed E-state index contributed by atoms with van der Waals surface area (Å²) >= 11 is 11.6. The van der Waals surface area contributed by atoms with Gasteiger partial charge in [-0.3, -0.25) is 0 Å². The average molecular weight is 327 g/mol. The topological polar surface area (TPSA) is 41.1 Å². The second kappa shape index (κ2) is 7.29. The molecule has 6 heteroatoms. The maximum atomic E-state index is 13.4. The molecule has 0 bridgehead atoms. The Morgan fingerprint density at radius 3 is 2.57 bits per heavy atom. The summed E-state index contributed by atoms with van der Waals surface area (Å²) in [6.45, 7) is 0.327. The lowest BCUT2D eigenvalue weighted by molar-refractivity contribution is 0.252. The van der Waals surface area contributed by atoms with Gasteiger partial charge in [-0.15, -0.1) is 0 Å². The zero-order valence-corrected chi connectivity index (χ0v) is 12.5. The summed E-state index contributed by atoms with van der Waals surface area (Å²) in [4.78, 5) is 11.7. The van der Waals surface area contributed by atoms with Crippen LogP contribution in [0.1, 0.15) is 5.56 Å². The van der Waals surface area contributed by atoms with Crippen molar-refractivity contribution in [3.63, 3.8) is 0 Å². The molecule has 0 fully saturated rings. The van der Waals surface area contributed by atoms with Crippen molar-refractivity contribution in [1.82, 2.24) is 5.32 Å². The van der Waals surface area contributed by atoms with Crippen LogP contribution in [0.5, 0.6) is 0 Å². The van der Waals surface area contributed by atoms with Gasteiger partial charge in [0, 0.05) is 12.2 Å². The quantitative estimate of drug-likeness (QED) is 0.853. The Morgan fingerprint density at radius 2 is 1.86 bits per heavy atom. The molecular formula is C15H13Cl2FN2O. The van der Waals surface area contributed by atoms with Crippen LogP contribution in [0.15, 0.2) is 42.5 Å². The molecule has 0 saturated heterocycles. The van der Waals surface area contributed by atoms with Crippen molar-refractivity contribution in [2.24, 2.45) is 0 Å². The molecule has 0 aliphatic carbocycles. The van der Waals surface area contributed by atoms with Crippen LogP contribution >= 0.6 is 23.2 Å². The number of hydrogen-bond donors (Lipinski definition) is 2. The normalized spacial score (nSPS) is 10.2. The Hall–Kier alpha value is -1.78. The van der Waals surface area contributed by atoms with Gasteiger partial charge in [-0.1, -0.05) is 41.4 Å². The maximum absolute atomic E-state index is 13.4. The van der Waals surface area contributed by atoms with Crippen molar-refractivity contribution in [2.75, 3.05) is 11.9 Å². The summed E-state index contributed by atoms with van der Waals surface area (Å²) in [7, 11) is 0. The fourth-order valence-corrected chi connectivity index (χ4v) is 2.06. The van der Waals surface area contributed by atoms with Gasteiger partial charge in [-0.25, -0.2) is 9.18 Å². The van der Waals surface area contributed by atoms with Crippen molar-refractivity contribution in [3.8, 4) is 0 Å². The van der Waals surface area contributed by atoms with E-state index in [9.17, 15) is 9.18 Å². The number of hydrogen-bond acceptors (Lipinski definition) is 1. The molecule has 0 saturated carbocycles. The first-order valence-corrected chi connectivity index (χ1v) is 7.05. The van der Waals surface area contributed by atoms with E-state index in [1.807, 2.05) is 0 Å². The fourth-order valence-electron chi connectivity index (χ4n) is 1.76. The lowest BCUT2D eigenvalue weighted by Gasteiger charge is -2.08. The summed E-state index contributed by atoms with van der Waals surface area (Å²) in [5, 5.41) is 6.05. The number of nitrogens with one attached hydrogen (secondary N) is 2. The van der Waals surface area contributed by atoms with Crippen LogP contribution in [0, 0.1) is 5.82 Å². The zero-order valence-electron chi connectivity index (χ0n) is 11.0. The van der Waals surface area contributed by atoms with Gasteiger partial charge in [0.25, 0.3) is 0 Å². The molecule has 0 unspecified atom stereocenters. The second-order valence-electron chi connectivity index (χ2n) is 4.35. The van der Waals surface area contributed by atoms with E-state index in [0.717, 1.165) is 0 Å². The van der Waals surface area contributed by atoms with Crippen LogP contribution < -0.4 is 10.6 Å². The van der Waals surface area contributed by atoms with Crippen molar-refractivity contribution >= 4 is 34.9 Å². The second-order valence-corrected chi connectivity index (χ2v) is 5.17. The van der Waals surface area contributed by atoms with E-state index in [-0.39, 0.29) is 11.8 Å². The largest absolute Gasteiger partial charge is 0.338 e. The third-order valence-electron chi connectivity index (χ3n) is 2.82. The molecule has 2 aromatic carbocycles. The molecule has 0 aliphatic rings. The van der Waals surface area contributed by atoms with Crippen LogP contribution in [0.3, 0.4) is 0 Å². The van der Waals surface area contributed by atoms with Crippen molar-refractivity contribution in [3.05, 3.63) is 63.9 Å². The van der Waals surface area contributed by atoms with Crippen molar-refractivity contribution in [2.45, 2.75) is 6.42 Å². The molecule has 2 amide bonds. The van der Waals surface area contributed by atoms with Gasteiger partial charge in [-0.05, 0) is 36.2 Å². The highest BCUT2D eigenvalue weighted by Crippen LogP contribution is 2.24. The van der Waals surface area contributed by atoms with E-state index in [1.165, 1.54) is 6.07 Å². The molecule has 0 heterocycles. The van der Waals surface area contributed by atoms with E-state index in [0.29, 0.717) is 34.3 Å². The Labute approximate surface area is 132 Å². The molecule has 0 radical (unpaired) electrons. The average Bonchev–Trinajstić information content (AvgIpc) is 2.45. The number of benzene rings is 2. The minimum Gasteiger partial charge on any atom is -0.338 e. The molecule has 3 nitrogen and oxygen atoms in total. The van der Waals surface area contributed by atoms with E-state index in [4.69, 9.17) is 23.2 Å². The standard InChI is InChI=1S/C15H13Cl2FN2O/c16-12-6-5-11(9-13(12)17)20-15(21)19-8-7-10-3-1-2-4-14(10)18/h1-6,9H,7-8H2,(H2,19,20,21). The zero-order chi connectivity index (χ0) is 15.2. The van der Waals surface area contributed by atoms with E-state index >= 15 is 0 Å². The van der Waals surface area contributed by atoms with Gasteiger partial charge in [0.05, 0.1) is 10.0 Å². The number of carbonyl (C=O) groups is 1. The molecule has 0 atom stereocenters. The first-order valence-electron chi connectivity index (χ1n) is 6.29. The van der Waals surface area contributed by atoms with Gasteiger partial charge < -0.3 is 10.6 Å². The summed E-state index contributed by atoms with van der Waals surface area (Å²) in [5.74, 6) is -0.274. The van der Waals surface area contributed by atoms with E-state index < -0.39 is 0 Å². The molecule has 2 aromatic rings. The van der Waals surface area contributed by atoms with Gasteiger partial charge in [0.1, 0.15) is 5.82 Å². The number of urea groups is 1. The van der Waals surface area contributed by atoms with Gasteiger partial charge in [-0.2, -0.15) is 0 Å². The predicted molar refractivity (Wildman–Crippen MR) is 83.6 cm³/mol. The number of carbonyl (C=O) groups excluding carboxylic acids is 1. The summed E-state index contributed by atoms with van der Waals surface area (Å²) < 4.78 is 13.4. The Kier molecular flexibility index (Phi) is 5.42. The molecule has 0 aromatic heterocycles. The number of amides is 2. The summed E-state index contributed by atoms with van der Waals surface area (Å²) in [6, 6.07) is 10.9. The number of rotatable bonds is 4. The van der Waals surface area contributed by atoms with Crippen molar-refractivity contribution in [1.29, 1.82) is 0 Å². The summed E-state index contributed by atoms with van der Waals surface area (Å²) in [5.41, 5.74) is 1.10. The minimum atomic E-state index is -0.385. The van der Waals surface area contributed by atoms with Crippen molar-refractivity contribution < 1.29 is 9.18 Å². The van der Waals surface area contributed by atoms with Gasteiger partial charge in [0.15, 0.2) is 0 Å². The number of halogens is 3. The molecule has 2 rings (SSSR count). The van der Waals surface area contributed by atoms with Crippen LogP contribution in [-0.2, 0) is 6.42 Å².